The zero-order valence-corrected chi connectivity index (χ0v) is 13.0. The molecule has 1 saturated heterocycles. The molecule has 1 aromatic carbocycles. The molecule has 0 aromatic heterocycles. The molecule has 6 heteroatoms. The summed E-state index contributed by atoms with van der Waals surface area (Å²) >= 11 is 5.95. The van der Waals surface area contributed by atoms with Gasteiger partial charge in [-0.25, -0.2) is 5.01 Å². The number of hydrogen-bond acceptors (Lipinski definition) is 3. The number of hydrogen-bond donors (Lipinski definition) is 1. The average molecular weight is 319 g/mol. The Kier molecular flexibility index (Phi) is 5.79. The summed E-state index contributed by atoms with van der Waals surface area (Å²) in [5.41, 5.74) is 3.96. The van der Waals surface area contributed by atoms with Crippen molar-refractivity contribution in [3.8, 4) is 5.75 Å². The molecular weight excluding hydrogens is 298 g/mol. The molecule has 0 bridgehead atoms. The number of hydrazine groups is 1. The van der Waals surface area contributed by atoms with Gasteiger partial charge in [0.1, 0.15) is 5.75 Å². The van der Waals surface area contributed by atoms with Gasteiger partial charge in [-0.2, -0.15) is 8.78 Å². The standard InChI is InChI=1S/C15H21ClF2N2O/c1-10-4-3-5-11(2)20(10)19-9-12-8-13(16)6-7-14(12)21-15(17)18/h6-8,10-11,15,19H,3-5,9H2,1-2H3. The summed E-state index contributed by atoms with van der Waals surface area (Å²) in [6.45, 7) is 1.91. The van der Waals surface area contributed by atoms with Crippen molar-refractivity contribution >= 4 is 11.6 Å². The van der Waals surface area contributed by atoms with E-state index in [0.717, 1.165) is 12.8 Å². The van der Waals surface area contributed by atoms with Crippen molar-refractivity contribution in [1.29, 1.82) is 0 Å². The third kappa shape index (κ3) is 4.53. The van der Waals surface area contributed by atoms with Crippen LogP contribution in [0.15, 0.2) is 18.2 Å². The summed E-state index contributed by atoms with van der Waals surface area (Å²) in [7, 11) is 0. The van der Waals surface area contributed by atoms with Gasteiger partial charge in [0, 0.05) is 29.2 Å². The monoisotopic (exact) mass is 318 g/mol. The second kappa shape index (κ2) is 7.38. The van der Waals surface area contributed by atoms with Crippen molar-refractivity contribution in [2.45, 2.75) is 58.3 Å². The van der Waals surface area contributed by atoms with E-state index in [4.69, 9.17) is 11.6 Å². The van der Waals surface area contributed by atoms with Crippen LogP contribution in [0.2, 0.25) is 5.02 Å². The lowest BCUT2D eigenvalue weighted by atomic mass is 10.00. The number of rotatable bonds is 5. The summed E-state index contributed by atoms with van der Waals surface area (Å²) in [6.07, 6.45) is 3.48. The molecule has 1 fully saturated rings. The van der Waals surface area contributed by atoms with Crippen LogP contribution < -0.4 is 10.2 Å². The Morgan fingerprint density at radius 1 is 1.33 bits per heavy atom. The molecule has 3 nitrogen and oxygen atoms in total. The zero-order valence-electron chi connectivity index (χ0n) is 12.3. The average Bonchev–Trinajstić information content (AvgIpc) is 2.40. The summed E-state index contributed by atoms with van der Waals surface area (Å²) in [5, 5.41) is 2.70. The molecule has 1 aromatic rings. The van der Waals surface area contributed by atoms with Crippen LogP contribution in [0.4, 0.5) is 8.78 Å². The van der Waals surface area contributed by atoms with Gasteiger partial charge >= 0.3 is 6.61 Å². The van der Waals surface area contributed by atoms with Gasteiger partial charge in [-0.05, 0) is 44.9 Å². The maximum atomic E-state index is 12.4. The smallest absolute Gasteiger partial charge is 0.387 e. The largest absolute Gasteiger partial charge is 0.434 e. The first-order valence-electron chi connectivity index (χ1n) is 7.22. The number of ether oxygens (including phenoxy) is 1. The van der Waals surface area contributed by atoms with Gasteiger partial charge in [-0.15, -0.1) is 0 Å². The van der Waals surface area contributed by atoms with Gasteiger partial charge in [0.05, 0.1) is 0 Å². The summed E-state index contributed by atoms with van der Waals surface area (Å²) in [4.78, 5) is 0. The highest BCUT2D eigenvalue weighted by molar-refractivity contribution is 6.30. The van der Waals surface area contributed by atoms with E-state index in [1.807, 2.05) is 0 Å². The maximum Gasteiger partial charge on any atom is 0.387 e. The lowest BCUT2D eigenvalue weighted by Gasteiger charge is -2.39. The van der Waals surface area contributed by atoms with E-state index in [1.54, 1.807) is 12.1 Å². The van der Waals surface area contributed by atoms with Crippen molar-refractivity contribution in [3.63, 3.8) is 0 Å². The third-order valence-corrected chi connectivity index (χ3v) is 4.12. The fraction of sp³-hybridized carbons (Fsp3) is 0.600. The van der Waals surface area contributed by atoms with Crippen molar-refractivity contribution < 1.29 is 13.5 Å². The van der Waals surface area contributed by atoms with Crippen molar-refractivity contribution in [2.75, 3.05) is 0 Å². The number of alkyl halides is 2. The van der Waals surface area contributed by atoms with Crippen LogP contribution in [-0.4, -0.2) is 23.7 Å². The van der Waals surface area contributed by atoms with Crippen LogP contribution in [0.3, 0.4) is 0 Å². The molecule has 1 aliphatic rings. The Morgan fingerprint density at radius 2 is 2.00 bits per heavy atom. The molecule has 0 radical (unpaired) electrons. The first kappa shape index (κ1) is 16.5. The SMILES string of the molecule is CC1CCCC(C)N1NCc1cc(Cl)ccc1OC(F)F. The Bertz CT molecular complexity index is 463. The molecular formula is C15H21ClF2N2O. The molecule has 118 valence electrons. The predicted molar refractivity (Wildman–Crippen MR) is 79.5 cm³/mol. The highest BCUT2D eigenvalue weighted by Gasteiger charge is 2.24. The second-order valence-electron chi connectivity index (χ2n) is 5.50. The number of halogens is 3. The number of piperidine rings is 1. The highest BCUT2D eigenvalue weighted by Crippen LogP contribution is 2.26. The van der Waals surface area contributed by atoms with Crippen molar-refractivity contribution in [1.82, 2.24) is 10.4 Å². The van der Waals surface area contributed by atoms with Crippen LogP contribution >= 0.6 is 11.6 Å². The Balaban J connectivity index is 2.06. The van der Waals surface area contributed by atoms with Crippen LogP contribution in [-0.2, 0) is 6.54 Å². The summed E-state index contributed by atoms with van der Waals surface area (Å²) in [6, 6.07) is 5.54. The minimum atomic E-state index is -2.84. The fourth-order valence-corrected chi connectivity index (χ4v) is 3.00. The van der Waals surface area contributed by atoms with Gasteiger partial charge < -0.3 is 4.74 Å². The second-order valence-corrected chi connectivity index (χ2v) is 5.94. The lowest BCUT2D eigenvalue weighted by Crippen LogP contribution is -2.51. The van der Waals surface area contributed by atoms with Gasteiger partial charge in [0.2, 0.25) is 0 Å². The molecule has 1 N–H and O–H groups in total. The normalized spacial score (nSPS) is 23.5. The van der Waals surface area contributed by atoms with Crippen molar-refractivity contribution in [3.05, 3.63) is 28.8 Å². The Morgan fingerprint density at radius 3 is 2.62 bits per heavy atom. The lowest BCUT2D eigenvalue weighted by molar-refractivity contribution is -0.0508. The van der Waals surface area contributed by atoms with E-state index in [9.17, 15) is 8.78 Å². The minimum Gasteiger partial charge on any atom is -0.434 e. The summed E-state index contributed by atoms with van der Waals surface area (Å²) in [5.74, 6) is 0.166. The number of nitrogens with zero attached hydrogens (tertiary/aromatic N) is 1. The van der Waals surface area contributed by atoms with Gasteiger partial charge in [0.15, 0.2) is 0 Å². The first-order chi connectivity index (χ1) is 9.97. The van der Waals surface area contributed by atoms with Gasteiger partial charge in [-0.1, -0.05) is 18.0 Å². The molecule has 0 saturated carbocycles. The minimum absolute atomic E-state index is 0.166. The predicted octanol–water partition coefficient (Wildman–Crippen LogP) is 4.21. The highest BCUT2D eigenvalue weighted by atomic mass is 35.5. The molecule has 21 heavy (non-hydrogen) atoms. The van der Waals surface area contributed by atoms with Crippen LogP contribution in [0.1, 0.15) is 38.7 Å². The maximum absolute atomic E-state index is 12.4. The fourth-order valence-electron chi connectivity index (χ4n) is 2.81. The van der Waals surface area contributed by atoms with Gasteiger partial charge in [0.25, 0.3) is 0 Å². The van der Waals surface area contributed by atoms with E-state index in [1.165, 1.54) is 12.5 Å². The molecule has 2 rings (SSSR count). The quantitative estimate of drug-likeness (QED) is 0.880. The van der Waals surface area contributed by atoms with E-state index in [-0.39, 0.29) is 5.75 Å². The molecule has 0 amide bonds. The van der Waals surface area contributed by atoms with E-state index in [0.29, 0.717) is 29.2 Å². The zero-order chi connectivity index (χ0) is 15.4. The number of nitrogens with one attached hydrogen (secondary N) is 1. The molecule has 2 atom stereocenters. The molecule has 2 unspecified atom stereocenters. The Hall–Kier alpha value is -0.910. The van der Waals surface area contributed by atoms with E-state index in [2.05, 4.69) is 29.0 Å². The first-order valence-corrected chi connectivity index (χ1v) is 7.60. The van der Waals surface area contributed by atoms with E-state index < -0.39 is 6.61 Å². The summed E-state index contributed by atoms with van der Waals surface area (Å²) < 4.78 is 29.4. The third-order valence-electron chi connectivity index (χ3n) is 3.88. The van der Waals surface area contributed by atoms with Crippen molar-refractivity contribution in [2.24, 2.45) is 0 Å². The van der Waals surface area contributed by atoms with Crippen LogP contribution in [0.5, 0.6) is 5.75 Å². The molecule has 1 aliphatic heterocycles. The number of benzene rings is 1. The molecule has 0 spiro atoms. The molecule has 0 aliphatic carbocycles. The van der Waals surface area contributed by atoms with Gasteiger partial charge in [-0.3, -0.25) is 5.43 Å². The van der Waals surface area contributed by atoms with Crippen LogP contribution in [0, 0.1) is 0 Å². The topological polar surface area (TPSA) is 24.5 Å². The van der Waals surface area contributed by atoms with Crippen LogP contribution in [0.25, 0.3) is 0 Å². The van der Waals surface area contributed by atoms with E-state index >= 15 is 0 Å². The molecule has 1 heterocycles. The Labute approximate surface area is 129 Å².